The van der Waals surface area contributed by atoms with Crippen LogP contribution < -0.4 is 15.3 Å². The molecule has 0 atom stereocenters. The molecule has 0 spiro atoms. The molecule has 6 heteroatoms. The third-order valence-corrected chi connectivity index (χ3v) is 7.97. The summed E-state index contributed by atoms with van der Waals surface area (Å²) in [6, 6.07) is 39.2. The minimum atomic E-state index is 0. The standard InChI is InChI=1S/C39H27N5.Ni/c1-25-10-8-9-15-30(25)44-39-35-22-20-33(42-35)37(26-11-4-2-5-12-26)31-18-16-28(40-31)24-29-17-19-32(41-29)38(27-13-6-3-7-14-27)34-21-23-36(39)43-34;/h2-24,44H,1H3;/q-2;+2. The summed E-state index contributed by atoms with van der Waals surface area (Å²) in [7, 11) is 0. The Labute approximate surface area is 271 Å². The number of nitrogens with one attached hydrogen (secondary N) is 1. The molecule has 8 bridgehead atoms. The van der Waals surface area contributed by atoms with Crippen LogP contribution in [0.2, 0.25) is 0 Å². The van der Waals surface area contributed by atoms with Crippen LogP contribution >= 0.6 is 0 Å². The smallest absolute Gasteiger partial charge is 0.657 e. The first-order valence-corrected chi connectivity index (χ1v) is 14.7. The van der Waals surface area contributed by atoms with Crippen LogP contribution in [0.5, 0.6) is 0 Å². The number of fused-ring (bicyclic) bond motifs is 8. The van der Waals surface area contributed by atoms with Gasteiger partial charge in [-0.25, -0.2) is 9.97 Å². The Kier molecular flexibility index (Phi) is 7.50. The Balaban J connectivity index is 0.00000325. The van der Waals surface area contributed by atoms with Crippen LogP contribution in [0.3, 0.4) is 0 Å². The van der Waals surface area contributed by atoms with E-state index in [1.807, 2.05) is 66.7 Å². The largest absolute Gasteiger partial charge is 2.00 e. The van der Waals surface area contributed by atoms with Gasteiger partial charge in [0.25, 0.3) is 0 Å². The predicted molar refractivity (Wildman–Crippen MR) is 182 cm³/mol. The predicted octanol–water partition coefficient (Wildman–Crippen LogP) is 9.30. The number of hydrogen-bond donors (Lipinski definition) is 1. The minimum Gasteiger partial charge on any atom is -0.657 e. The molecule has 2 aliphatic rings. The van der Waals surface area contributed by atoms with Crippen LogP contribution in [0.4, 0.5) is 11.4 Å². The van der Waals surface area contributed by atoms with Gasteiger partial charge in [0.1, 0.15) is 0 Å². The number of hydrogen-bond acceptors (Lipinski definition) is 3. The van der Waals surface area contributed by atoms with E-state index in [0.717, 1.165) is 84.0 Å². The van der Waals surface area contributed by atoms with Gasteiger partial charge in [-0.3, -0.25) is 0 Å². The monoisotopic (exact) mass is 623 g/mol. The quantitative estimate of drug-likeness (QED) is 0.198. The van der Waals surface area contributed by atoms with Gasteiger partial charge in [-0.05, 0) is 65.1 Å². The zero-order valence-corrected chi connectivity index (χ0v) is 25.4. The third-order valence-electron chi connectivity index (χ3n) is 7.97. The van der Waals surface area contributed by atoms with E-state index in [0.29, 0.717) is 0 Å². The molecule has 2 aliphatic heterocycles. The van der Waals surface area contributed by atoms with Gasteiger partial charge in [-0.2, -0.15) is 0 Å². The molecule has 0 unspecified atom stereocenters. The summed E-state index contributed by atoms with van der Waals surface area (Å²) in [6.07, 6.45) is 8.24. The zero-order chi connectivity index (χ0) is 29.5. The maximum Gasteiger partial charge on any atom is 2.00 e. The molecule has 0 fully saturated rings. The number of aryl methyl sites for hydroxylation is 1. The second-order valence-corrected chi connectivity index (χ2v) is 10.9. The van der Waals surface area contributed by atoms with E-state index < -0.39 is 0 Å². The molecule has 0 saturated carbocycles. The molecule has 218 valence electrons. The van der Waals surface area contributed by atoms with Gasteiger partial charge < -0.3 is 15.3 Å². The molecule has 0 saturated heterocycles. The Morgan fingerprint density at radius 3 is 1.84 bits per heavy atom. The summed E-state index contributed by atoms with van der Waals surface area (Å²) >= 11 is 0. The molecule has 0 amide bonds. The van der Waals surface area contributed by atoms with E-state index in [1.165, 1.54) is 0 Å². The molecule has 0 radical (unpaired) electrons. The van der Waals surface area contributed by atoms with Gasteiger partial charge in [0.15, 0.2) is 0 Å². The number of rotatable bonds is 4. The third kappa shape index (κ3) is 5.41. The van der Waals surface area contributed by atoms with Crippen molar-refractivity contribution < 1.29 is 16.5 Å². The SMILES string of the molecule is Cc1ccccc1Nc1c2nc(c(-c3ccccc3)c3ccc(cc4nc(c(-c5ccccc5)c5ccc1[n-]5)C=C4)[n-]3)C=C2.[Ni+2]. The first-order chi connectivity index (χ1) is 21.7. The van der Waals surface area contributed by atoms with E-state index in [1.54, 1.807) is 0 Å². The molecule has 3 aromatic heterocycles. The van der Waals surface area contributed by atoms with Crippen LogP contribution in [-0.4, -0.2) is 9.97 Å². The molecule has 5 nitrogen and oxygen atoms in total. The summed E-state index contributed by atoms with van der Waals surface area (Å²) < 4.78 is 0. The molecule has 6 aromatic rings. The van der Waals surface area contributed by atoms with Crippen molar-refractivity contribution in [1.82, 2.24) is 19.9 Å². The van der Waals surface area contributed by atoms with Crippen molar-refractivity contribution in [3.05, 3.63) is 144 Å². The van der Waals surface area contributed by atoms with Crippen molar-refractivity contribution in [3.63, 3.8) is 0 Å². The van der Waals surface area contributed by atoms with E-state index in [2.05, 4.69) is 85.1 Å². The Hall–Kier alpha value is -5.45. The van der Waals surface area contributed by atoms with Crippen molar-refractivity contribution in [2.75, 3.05) is 5.32 Å². The molecule has 1 N–H and O–H groups in total. The van der Waals surface area contributed by atoms with Gasteiger partial charge in [0.2, 0.25) is 0 Å². The topological polar surface area (TPSA) is 66.0 Å². The first-order valence-electron chi connectivity index (χ1n) is 14.7. The maximum absolute atomic E-state index is 5.21. The number of aromatic nitrogens is 4. The fourth-order valence-corrected chi connectivity index (χ4v) is 5.80. The molecule has 0 aliphatic carbocycles. The van der Waals surface area contributed by atoms with E-state index in [4.69, 9.17) is 19.9 Å². The molecule has 3 aromatic carbocycles. The molecular weight excluding hydrogens is 597 g/mol. The summed E-state index contributed by atoms with van der Waals surface area (Å²) in [5, 5.41) is 3.69. The van der Waals surface area contributed by atoms with Gasteiger partial charge >= 0.3 is 16.5 Å². The zero-order valence-electron chi connectivity index (χ0n) is 24.4. The van der Waals surface area contributed by atoms with Crippen molar-refractivity contribution in [2.45, 2.75) is 6.92 Å². The normalized spacial score (nSPS) is 11.8. The second-order valence-electron chi connectivity index (χ2n) is 10.9. The number of anilines is 2. The van der Waals surface area contributed by atoms with E-state index in [-0.39, 0.29) is 16.5 Å². The van der Waals surface area contributed by atoms with Crippen LogP contribution in [0.25, 0.3) is 68.6 Å². The van der Waals surface area contributed by atoms with Crippen molar-refractivity contribution in [3.8, 4) is 22.3 Å². The van der Waals surface area contributed by atoms with Gasteiger partial charge in [-0.15, -0.1) is 22.1 Å². The fourth-order valence-electron chi connectivity index (χ4n) is 5.80. The van der Waals surface area contributed by atoms with Gasteiger partial charge in [0, 0.05) is 11.4 Å². The van der Waals surface area contributed by atoms with Crippen LogP contribution in [0.1, 0.15) is 28.3 Å². The summed E-state index contributed by atoms with van der Waals surface area (Å²) in [4.78, 5) is 20.5. The minimum absolute atomic E-state index is 0. The average molecular weight is 624 g/mol. The Morgan fingerprint density at radius 2 is 1.11 bits per heavy atom. The van der Waals surface area contributed by atoms with Crippen LogP contribution in [0.15, 0.2) is 115 Å². The number of benzene rings is 3. The van der Waals surface area contributed by atoms with E-state index in [9.17, 15) is 0 Å². The fraction of sp³-hybridized carbons (Fsp3) is 0.0256. The van der Waals surface area contributed by atoms with Crippen LogP contribution in [0, 0.1) is 6.92 Å². The Bertz CT molecular complexity index is 2220. The Morgan fingerprint density at radius 1 is 0.533 bits per heavy atom. The van der Waals surface area contributed by atoms with Gasteiger partial charge in [-0.1, -0.05) is 109 Å². The average Bonchev–Trinajstić information content (AvgIpc) is 3.88. The molecular formula is C39H27N5Ni. The summed E-state index contributed by atoms with van der Waals surface area (Å²) in [5.74, 6) is 0. The maximum atomic E-state index is 5.21. The summed E-state index contributed by atoms with van der Waals surface area (Å²) in [6.45, 7) is 2.10. The van der Waals surface area contributed by atoms with Gasteiger partial charge in [0.05, 0.1) is 22.8 Å². The molecule has 8 rings (SSSR count). The van der Waals surface area contributed by atoms with Crippen molar-refractivity contribution >= 4 is 57.7 Å². The van der Waals surface area contributed by atoms with Crippen molar-refractivity contribution in [1.29, 1.82) is 0 Å². The van der Waals surface area contributed by atoms with Crippen LogP contribution in [-0.2, 0) is 16.5 Å². The summed E-state index contributed by atoms with van der Waals surface area (Å²) in [5.41, 5.74) is 13.8. The number of nitrogens with zero attached hydrogens (tertiary/aromatic N) is 4. The molecule has 45 heavy (non-hydrogen) atoms. The second kappa shape index (κ2) is 11.9. The number of para-hydroxylation sites is 1. The molecule has 5 heterocycles. The first kappa shape index (κ1) is 28.3. The van der Waals surface area contributed by atoms with Crippen molar-refractivity contribution in [2.24, 2.45) is 0 Å². The van der Waals surface area contributed by atoms with E-state index >= 15 is 0 Å².